The van der Waals surface area contributed by atoms with Crippen molar-refractivity contribution in [2.24, 2.45) is 0 Å². The van der Waals surface area contributed by atoms with Crippen LogP contribution in [0.5, 0.6) is 5.75 Å². The molecule has 0 saturated carbocycles. The number of aromatic nitrogens is 2. The Morgan fingerprint density at radius 2 is 1.65 bits per heavy atom. The predicted octanol–water partition coefficient (Wildman–Crippen LogP) is 0.664. The first kappa shape index (κ1) is 21.3. The molecule has 0 bridgehead atoms. The van der Waals surface area contributed by atoms with Gasteiger partial charge < -0.3 is 19.7 Å². The molecular weight excluding hydrogens is 400 g/mol. The Labute approximate surface area is 180 Å². The Morgan fingerprint density at radius 1 is 0.968 bits per heavy atom. The highest BCUT2D eigenvalue weighted by atomic mass is 16.5. The van der Waals surface area contributed by atoms with Crippen molar-refractivity contribution >= 4 is 5.91 Å². The third-order valence-corrected chi connectivity index (χ3v) is 5.77. The Balaban J connectivity index is 1.23. The Hall–Kier alpha value is -2.91. The number of carbonyl (C=O) groups excluding carboxylic acids is 1. The van der Waals surface area contributed by atoms with Gasteiger partial charge in [-0.05, 0) is 63.0 Å². The van der Waals surface area contributed by atoms with Gasteiger partial charge in [-0.1, -0.05) is 0 Å². The number of carbonyl (C=O) groups is 1. The van der Waals surface area contributed by atoms with E-state index in [0.29, 0.717) is 30.6 Å². The zero-order valence-corrected chi connectivity index (χ0v) is 17.4. The van der Waals surface area contributed by atoms with E-state index in [1.54, 1.807) is 24.3 Å². The molecule has 0 aliphatic carbocycles. The van der Waals surface area contributed by atoms with Crippen molar-refractivity contribution in [3.63, 3.8) is 0 Å². The number of likely N-dealkylation sites (tertiary alicyclic amines) is 1. The van der Waals surface area contributed by atoms with Gasteiger partial charge in [0, 0.05) is 25.4 Å². The van der Waals surface area contributed by atoms with Gasteiger partial charge in [0.1, 0.15) is 5.75 Å². The number of piperidine rings is 2. The van der Waals surface area contributed by atoms with Crippen molar-refractivity contribution in [3.05, 3.63) is 57.4 Å². The zero-order valence-electron chi connectivity index (χ0n) is 17.4. The molecule has 1 amide bonds. The summed E-state index contributed by atoms with van der Waals surface area (Å²) in [7, 11) is 0. The number of ether oxygens (including phenoxy) is 2. The molecule has 2 fully saturated rings. The number of H-pyrrole nitrogens is 1. The summed E-state index contributed by atoms with van der Waals surface area (Å²) in [4.78, 5) is 39.6. The van der Waals surface area contributed by atoms with Crippen LogP contribution < -0.4 is 21.3 Å². The van der Waals surface area contributed by atoms with Crippen molar-refractivity contribution in [3.8, 4) is 11.4 Å². The van der Waals surface area contributed by atoms with Crippen LogP contribution >= 0.6 is 0 Å². The summed E-state index contributed by atoms with van der Waals surface area (Å²) in [5, 5.41) is 3.34. The van der Waals surface area contributed by atoms with E-state index in [2.05, 4.69) is 10.3 Å². The second kappa shape index (κ2) is 9.93. The maximum Gasteiger partial charge on any atom is 0.332 e. The lowest BCUT2D eigenvalue weighted by atomic mass is 10.1. The molecule has 0 unspecified atom stereocenters. The van der Waals surface area contributed by atoms with Crippen LogP contribution in [0, 0.1) is 0 Å². The smallest absolute Gasteiger partial charge is 0.332 e. The fourth-order valence-electron chi connectivity index (χ4n) is 4.00. The van der Waals surface area contributed by atoms with Crippen molar-refractivity contribution in [2.45, 2.75) is 37.9 Å². The molecule has 2 N–H and O–H groups in total. The maximum atomic E-state index is 12.5. The zero-order chi connectivity index (χ0) is 21.6. The standard InChI is InChI=1S/C22H28N4O5/c27-20-9-14-26(22(29)24-20)16-1-3-17(4-2-16)30-15-21(28)25-12-7-19(8-13-25)31-18-5-10-23-11-6-18/h1-4,9,14,18-19,23H,5-8,10-13,15H2,(H,24,27,29). The number of hydrogen-bond acceptors (Lipinski definition) is 6. The van der Waals surface area contributed by atoms with Crippen molar-refractivity contribution in [1.82, 2.24) is 19.8 Å². The largest absolute Gasteiger partial charge is 0.484 e. The third kappa shape index (κ3) is 5.62. The van der Waals surface area contributed by atoms with E-state index >= 15 is 0 Å². The quantitative estimate of drug-likeness (QED) is 0.701. The molecule has 2 aromatic rings. The lowest BCUT2D eigenvalue weighted by Crippen LogP contribution is -2.44. The number of aromatic amines is 1. The Bertz CT molecular complexity index is 986. The van der Waals surface area contributed by atoms with Crippen LogP contribution in [0.15, 0.2) is 46.1 Å². The van der Waals surface area contributed by atoms with Crippen LogP contribution in [-0.2, 0) is 9.53 Å². The van der Waals surface area contributed by atoms with E-state index in [-0.39, 0.29) is 18.6 Å². The predicted molar refractivity (Wildman–Crippen MR) is 115 cm³/mol. The minimum Gasteiger partial charge on any atom is -0.484 e. The molecule has 1 aromatic heterocycles. The first-order chi connectivity index (χ1) is 15.1. The number of amides is 1. The van der Waals surface area contributed by atoms with Crippen LogP contribution in [0.4, 0.5) is 0 Å². The molecular formula is C22H28N4O5. The van der Waals surface area contributed by atoms with Gasteiger partial charge in [0.05, 0.1) is 17.9 Å². The summed E-state index contributed by atoms with van der Waals surface area (Å²) >= 11 is 0. The lowest BCUT2D eigenvalue weighted by Gasteiger charge is -2.35. The van der Waals surface area contributed by atoms with Gasteiger partial charge in [0.25, 0.3) is 11.5 Å². The Morgan fingerprint density at radius 3 is 2.32 bits per heavy atom. The minimum atomic E-state index is -0.510. The number of benzene rings is 1. The van der Waals surface area contributed by atoms with Crippen molar-refractivity contribution in [2.75, 3.05) is 32.8 Å². The molecule has 2 aliphatic rings. The fraction of sp³-hybridized carbons (Fsp3) is 0.500. The fourth-order valence-corrected chi connectivity index (χ4v) is 4.00. The summed E-state index contributed by atoms with van der Waals surface area (Å²) in [5.41, 5.74) is -0.360. The van der Waals surface area contributed by atoms with Crippen LogP contribution in [0.3, 0.4) is 0 Å². The second-order valence-electron chi connectivity index (χ2n) is 7.93. The van der Waals surface area contributed by atoms with Crippen LogP contribution in [0.2, 0.25) is 0 Å². The summed E-state index contributed by atoms with van der Waals surface area (Å²) < 4.78 is 13.2. The summed E-state index contributed by atoms with van der Waals surface area (Å²) in [5.74, 6) is 0.500. The molecule has 9 nitrogen and oxygen atoms in total. The highest BCUT2D eigenvalue weighted by Crippen LogP contribution is 2.19. The second-order valence-corrected chi connectivity index (χ2v) is 7.93. The Kier molecular flexibility index (Phi) is 6.83. The molecule has 0 radical (unpaired) electrons. The van der Waals surface area contributed by atoms with Gasteiger partial charge in [-0.3, -0.25) is 19.1 Å². The highest BCUT2D eigenvalue weighted by molar-refractivity contribution is 5.77. The molecule has 2 aliphatic heterocycles. The van der Waals surface area contributed by atoms with E-state index in [1.165, 1.54) is 16.8 Å². The lowest BCUT2D eigenvalue weighted by molar-refractivity contribution is -0.137. The molecule has 4 rings (SSSR count). The summed E-state index contributed by atoms with van der Waals surface area (Å²) in [6, 6.07) is 8.07. The van der Waals surface area contributed by atoms with E-state index in [0.717, 1.165) is 38.8 Å². The molecule has 166 valence electrons. The number of hydrogen-bond donors (Lipinski definition) is 2. The monoisotopic (exact) mass is 428 g/mol. The van der Waals surface area contributed by atoms with E-state index < -0.39 is 11.2 Å². The normalized spacial score (nSPS) is 18.1. The van der Waals surface area contributed by atoms with Gasteiger partial charge in [-0.2, -0.15) is 0 Å². The molecule has 31 heavy (non-hydrogen) atoms. The summed E-state index contributed by atoms with van der Waals surface area (Å²) in [6.45, 7) is 3.37. The van der Waals surface area contributed by atoms with Crippen LogP contribution in [0.25, 0.3) is 5.69 Å². The first-order valence-corrected chi connectivity index (χ1v) is 10.8. The van der Waals surface area contributed by atoms with Gasteiger partial charge in [0.15, 0.2) is 6.61 Å². The molecule has 1 aromatic carbocycles. The number of nitrogens with one attached hydrogen (secondary N) is 2. The van der Waals surface area contributed by atoms with Gasteiger partial charge in [-0.15, -0.1) is 0 Å². The maximum absolute atomic E-state index is 12.5. The van der Waals surface area contributed by atoms with E-state index in [1.807, 2.05) is 4.90 Å². The topological polar surface area (TPSA) is 106 Å². The van der Waals surface area contributed by atoms with E-state index in [4.69, 9.17) is 9.47 Å². The number of rotatable bonds is 6. The average molecular weight is 428 g/mol. The van der Waals surface area contributed by atoms with Crippen molar-refractivity contribution in [1.29, 1.82) is 0 Å². The van der Waals surface area contributed by atoms with Crippen LogP contribution in [-0.4, -0.2) is 65.4 Å². The molecule has 2 saturated heterocycles. The molecule has 3 heterocycles. The highest BCUT2D eigenvalue weighted by Gasteiger charge is 2.26. The van der Waals surface area contributed by atoms with E-state index in [9.17, 15) is 14.4 Å². The SMILES string of the molecule is O=C(COc1ccc(-n2ccc(=O)[nH]c2=O)cc1)N1CCC(OC2CCNCC2)CC1. The van der Waals surface area contributed by atoms with Gasteiger partial charge in [0.2, 0.25) is 0 Å². The van der Waals surface area contributed by atoms with Crippen molar-refractivity contribution < 1.29 is 14.3 Å². The molecule has 0 atom stereocenters. The third-order valence-electron chi connectivity index (χ3n) is 5.77. The van der Waals surface area contributed by atoms with Crippen LogP contribution in [0.1, 0.15) is 25.7 Å². The molecule has 9 heteroatoms. The number of nitrogens with zero attached hydrogens (tertiary/aromatic N) is 2. The van der Waals surface area contributed by atoms with Gasteiger partial charge in [-0.25, -0.2) is 4.79 Å². The average Bonchev–Trinajstić information content (AvgIpc) is 2.79. The first-order valence-electron chi connectivity index (χ1n) is 10.8. The van der Waals surface area contributed by atoms with Gasteiger partial charge >= 0.3 is 5.69 Å². The molecule has 0 spiro atoms. The minimum absolute atomic E-state index is 0.0300. The summed E-state index contributed by atoms with van der Waals surface area (Å²) in [6.07, 6.45) is 5.82.